The first kappa shape index (κ1) is 11.9. The summed E-state index contributed by atoms with van der Waals surface area (Å²) in [6.07, 6.45) is 1.50. The number of hydrogen-bond donors (Lipinski definition) is 1. The standard InChI is InChI=1S/C14H11ClN2O2/c1-8-3-2-4-9(7-8)11-12(17-19-14(11)16)10-5-6-18-13(10)15/h2-7H,16H2,1H3. The highest BCUT2D eigenvalue weighted by molar-refractivity contribution is 6.31. The van der Waals surface area contributed by atoms with Crippen molar-refractivity contribution in [3.05, 3.63) is 47.4 Å². The molecule has 2 heterocycles. The van der Waals surface area contributed by atoms with Gasteiger partial charge in [-0.3, -0.25) is 0 Å². The zero-order chi connectivity index (χ0) is 13.4. The summed E-state index contributed by atoms with van der Waals surface area (Å²) >= 11 is 5.99. The smallest absolute Gasteiger partial charge is 0.230 e. The summed E-state index contributed by atoms with van der Waals surface area (Å²) < 4.78 is 10.2. The Morgan fingerprint density at radius 3 is 2.79 bits per heavy atom. The van der Waals surface area contributed by atoms with E-state index in [0.29, 0.717) is 11.3 Å². The molecule has 19 heavy (non-hydrogen) atoms. The average molecular weight is 275 g/mol. The van der Waals surface area contributed by atoms with Gasteiger partial charge in [0.25, 0.3) is 0 Å². The molecular formula is C14H11ClN2O2. The molecule has 5 heteroatoms. The molecule has 0 aliphatic heterocycles. The molecule has 1 aromatic carbocycles. The van der Waals surface area contributed by atoms with E-state index >= 15 is 0 Å². The highest BCUT2D eigenvalue weighted by Crippen LogP contribution is 2.39. The fraction of sp³-hybridized carbons (Fsp3) is 0.0714. The van der Waals surface area contributed by atoms with Crippen molar-refractivity contribution in [1.82, 2.24) is 5.16 Å². The first-order valence-electron chi connectivity index (χ1n) is 5.72. The Labute approximate surface area is 114 Å². The number of nitrogens with zero attached hydrogens (tertiary/aromatic N) is 1. The van der Waals surface area contributed by atoms with Crippen molar-refractivity contribution in [2.24, 2.45) is 0 Å². The zero-order valence-corrected chi connectivity index (χ0v) is 10.9. The number of anilines is 1. The van der Waals surface area contributed by atoms with Gasteiger partial charge < -0.3 is 14.7 Å². The summed E-state index contributed by atoms with van der Waals surface area (Å²) in [5, 5.41) is 4.25. The Morgan fingerprint density at radius 1 is 1.26 bits per heavy atom. The topological polar surface area (TPSA) is 65.2 Å². The Balaban J connectivity index is 2.22. The minimum Gasteiger partial charge on any atom is -0.452 e. The number of halogens is 1. The number of nitrogens with two attached hydrogens (primary N) is 1. The van der Waals surface area contributed by atoms with E-state index in [2.05, 4.69) is 5.16 Å². The molecule has 0 atom stereocenters. The number of nitrogen functional groups attached to an aromatic ring is 1. The van der Waals surface area contributed by atoms with Gasteiger partial charge in [0, 0.05) is 0 Å². The second kappa shape index (κ2) is 4.48. The van der Waals surface area contributed by atoms with Crippen LogP contribution in [-0.2, 0) is 0 Å². The van der Waals surface area contributed by atoms with Crippen LogP contribution in [0.25, 0.3) is 22.4 Å². The second-order valence-electron chi connectivity index (χ2n) is 4.25. The van der Waals surface area contributed by atoms with Gasteiger partial charge in [-0.25, -0.2) is 0 Å². The number of aryl methyl sites for hydroxylation is 1. The fourth-order valence-corrected chi connectivity index (χ4v) is 2.23. The van der Waals surface area contributed by atoms with E-state index < -0.39 is 0 Å². The quantitative estimate of drug-likeness (QED) is 0.762. The Bertz CT molecular complexity index is 731. The number of benzene rings is 1. The Kier molecular flexibility index (Phi) is 2.80. The number of furan rings is 1. The van der Waals surface area contributed by atoms with E-state index in [-0.39, 0.29) is 11.1 Å². The predicted octanol–water partition coefficient (Wildman–Crippen LogP) is 4.15. The molecule has 0 aliphatic rings. The van der Waals surface area contributed by atoms with Crippen LogP contribution in [0.15, 0.2) is 45.5 Å². The lowest BCUT2D eigenvalue weighted by Crippen LogP contribution is -1.88. The van der Waals surface area contributed by atoms with Crippen LogP contribution >= 0.6 is 11.6 Å². The SMILES string of the molecule is Cc1cccc(-c2c(-c3ccoc3Cl)noc2N)c1. The second-order valence-corrected chi connectivity index (χ2v) is 4.59. The van der Waals surface area contributed by atoms with Crippen molar-refractivity contribution in [3.8, 4) is 22.4 Å². The lowest BCUT2D eigenvalue weighted by atomic mass is 10.0. The minimum atomic E-state index is 0.262. The summed E-state index contributed by atoms with van der Waals surface area (Å²) in [5.41, 5.74) is 9.92. The summed E-state index contributed by atoms with van der Waals surface area (Å²) in [6, 6.07) is 9.67. The average Bonchev–Trinajstić information content (AvgIpc) is 2.95. The van der Waals surface area contributed by atoms with Crippen molar-refractivity contribution in [2.75, 3.05) is 5.73 Å². The van der Waals surface area contributed by atoms with Crippen LogP contribution < -0.4 is 5.73 Å². The first-order chi connectivity index (χ1) is 9.16. The summed E-state index contributed by atoms with van der Waals surface area (Å²) in [6.45, 7) is 2.01. The molecule has 0 saturated heterocycles. The molecular weight excluding hydrogens is 264 g/mol. The van der Waals surface area contributed by atoms with Gasteiger partial charge in [0.05, 0.1) is 17.4 Å². The molecule has 3 rings (SSSR count). The van der Waals surface area contributed by atoms with E-state index in [1.54, 1.807) is 6.07 Å². The van der Waals surface area contributed by atoms with Crippen molar-refractivity contribution >= 4 is 17.5 Å². The van der Waals surface area contributed by atoms with Gasteiger partial charge in [0.2, 0.25) is 11.1 Å². The van der Waals surface area contributed by atoms with Gasteiger partial charge >= 0.3 is 0 Å². The molecule has 4 nitrogen and oxygen atoms in total. The van der Waals surface area contributed by atoms with Crippen LogP contribution in [-0.4, -0.2) is 5.16 Å². The Morgan fingerprint density at radius 2 is 2.11 bits per heavy atom. The van der Waals surface area contributed by atoms with E-state index in [4.69, 9.17) is 26.3 Å². The minimum absolute atomic E-state index is 0.262. The molecule has 3 aromatic rings. The number of aromatic nitrogens is 1. The van der Waals surface area contributed by atoms with E-state index in [0.717, 1.165) is 16.7 Å². The van der Waals surface area contributed by atoms with Crippen LogP contribution in [0.4, 0.5) is 5.88 Å². The van der Waals surface area contributed by atoms with Gasteiger partial charge in [0.1, 0.15) is 5.69 Å². The first-order valence-corrected chi connectivity index (χ1v) is 6.10. The maximum atomic E-state index is 5.99. The summed E-state index contributed by atoms with van der Waals surface area (Å²) in [5.74, 6) is 0.262. The van der Waals surface area contributed by atoms with Crippen molar-refractivity contribution in [1.29, 1.82) is 0 Å². The molecule has 0 aliphatic carbocycles. The summed E-state index contributed by atoms with van der Waals surface area (Å²) in [7, 11) is 0. The normalized spacial score (nSPS) is 10.8. The third-order valence-electron chi connectivity index (χ3n) is 2.90. The number of hydrogen-bond acceptors (Lipinski definition) is 4. The predicted molar refractivity (Wildman–Crippen MR) is 73.8 cm³/mol. The third-order valence-corrected chi connectivity index (χ3v) is 3.19. The lowest BCUT2D eigenvalue weighted by Gasteiger charge is -2.02. The molecule has 0 bridgehead atoms. The van der Waals surface area contributed by atoms with Gasteiger partial charge in [0.15, 0.2) is 0 Å². The van der Waals surface area contributed by atoms with E-state index in [1.807, 2.05) is 31.2 Å². The van der Waals surface area contributed by atoms with Crippen LogP contribution in [0.2, 0.25) is 5.22 Å². The molecule has 0 saturated carbocycles. The molecule has 96 valence electrons. The highest BCUT2D eigenvalue weighted by Gasteiger charge is 2.20. The molecule has 0 radical (unpaired) electrons. The van der Waals surface area contributed by atoms with Crippen LogP contribution in [0.5, 0.6) is 0 Å². The van der Waals surface area contributed by atoms with Gasteiger partial charge in [-0.15, -0.1) is 0 Å². The fourth-order valence-electron chi connectivity index (χ4n) is 2.03. The molecule has 2 aromatic heterocycles. The number of rotatable bonds is 2. The summed E-state index contributed by atoms with van der Waals surface area (Å²) in [4.78, 5) is 0. The maximum absolute atomic E-state index is 5.99. The highest BCUT2D eigenvalue weighted by atomic mass is 35.5. The third kappa shape index (κ3) is 2.00. The van der Waals surface area contributed by atoms with Crippen LogP contribution in [0.1, 0.15) is 5.56 Å². The Hall–Kier alpha value is -2.20. The van der Waals surface area contributed by atoms with Crippen molar-refractivity contribution in [3.63, 3.8) is 0 Å². The van der Waals surface area contributed by atoms with E-state index in [9.17, 15) is 0 Å². The van der Waals surface area contributed by atoms with Crippen LogP contribution in [0, 0.1) is 6.92 Å². The molecule has 0 fully saturated rings. The van der Waals surface area contributed by atoms with Crippen molar-refractivity contribution in [2.45, 2.75) is 6.92 Å². The zero-order valence-electron chi connectivity index (χ0n) is 10.2. The lowest BCUT2D eigenvalue weighted by molar-refractivity contribution is 0.439. The largest absolute Gasteiger partial charge is 0.452 e. The van der Waals surface area contributed by atoms with E-state index in [1.165, 1.54) is 6.26 Å². The van der Waals surface area contributed by atoms with Gasteiger partial charge in [-0.1, -0.05) is 35.0 Å². The molecule has 0 spiro atoms. The molecule has 2 N–H and O–H groups in total. The van der Waals surface area contributed by atoms with Gasteiger partial charge in [-0.2, -0.15) is 0 Å². The maximum Gasteiger partial charge on any atom is 0.230 e. The molecule has 0 amide bonds. The molecule has 0 unspecified atom stereocenters. The van der Waals surface area contributed by atoms with Crippen molar-refractivity contribution < 1.29 is 8.94 Å². The van der Waals surface area contributed by atoms with Crippen LogP contribution in [0.3, 0.4) is 0 Å². The van der Waals surface area contributed by atoms with Gasteiger partial charge in [-0.05, 0) is 30.2 Å². The monoisotopic (exact) mass is 274 g/mol.